The second-order valence-corrected chi connectivity index (χ2v) is 2.16. The minimum atomic E-state index is -0.908. The Bertz CT molecular complexity index is 145. The van der Waals surface area contributed by atoms with Gasteiger partial charge in [0.2, 0.25) is 0 Å². The molecule has 0 aromatic rings. The summed E-state index contributed by atoms with van der Waals surface area (Å²) in [6.45, 7) is 1.59. The van der Waals surface area contributed by atoms with E-state index in [4.69, 9.17) is 10.5 Å². The van der Waals surface area contributed by atoms with Gasteiger partial charge < -0.3 is 15.8 Å². The molecule has 0 rings (SSSR count). The third-order valence-corrected chi connectivity index (χ3v) is 1.16. The molecule has 3 N–H and O–H groups in total. The molecule has 0 aliphatic rings. The number of rotatable bonds is 4. The van der Waals surface area contributed by atoms with E-state index < -0.39 is 12.0 Å². The molecule has 58 valence electrons. The quantitative estimate of drug-likeness (QED) is 0.489. The van der Waals surface area contributed by atoms with Gasteiger partial charge in [-0.3, -0.25) is 4.79 Å². The number of nitrogens with one attached hydrogen (secondary N) is 2. The average molecular weight is 144 g/mol. The normalized spacial score (nSPS) is 12.6. The standard InChI is InChI=1S/C6H12N2O2/c1-4(7)3-5(8-2)6(9)10/h5,7-8H,3H2,1-2H3,(H,9,10). The lowest BCUT2D eigenvalue weighted by atomic mass is 10.1. The Morgan fingerprint density at radius 3 is 2.40 bits per heavy atom. The van der Waals surface area contributed by atoms with E-state index in [0.717, 1.165) is 0 Å². The van der Waals surface area contributed by atoms with Gasteiger partial charge in [0.15, 0.2) is 0 Å². The highest BCUT2D eigenvalue weighted by molar-refractivity contribution is 5.85. The van der Waals surface area contributed by atoms with E-state index in [-0.39, 0.29) is 6.42 Å². The molecular formula is C6H12N2O2. The van der Waals surface area contributed by atoms with Crippen molar-refractivity contribution in [2.24, 2.45) is 0 Å². The zero-order valence-corrected chi connectivity index (χ0v) is 6.14. The van der Waals surface area contributed by atoms with Crippen LogP contribution in [0.25, 0.3) is 0 Å². The Morgan fingerprint density at radius 2 is 2.30 bits per heavy atom. The molecule has 0 aromatic heterocycles. The van der Waals surface area contributed by atoms with Crippen molar-refractivity contribution in [2.45, 2.75) is 19.4 Å². The second-order valence-electron chi connectivity index (χ2n) is 2.16. The summed E-state index contributed by atoms with van der Waals surface area (Å²) in [4.78, 5) is 10.3. The molecule has 4 heteroatoms. The molecule has 0 bridgehead atoms. The molecule has 10 heavy (non-hydrogen) atoms. The van der Waals surface area contributed by atoms with Crippen molar-refractivity contribution in [2.75, 3.05) is 7.05 Å². The molecule has 0 saturated heterocycles. The van der Waals surface area contributed by atoms with Gasteiger partial charge in [0.1, 0.15) is 6.04 Å². The lowest BCUT2D eigenvalue weighted by molar-refractivity contribution is -0.139. The van der Waals surface area contributed by atoms with Crippen LogP contribution in [0, 0.1) is 5.41 Å². The van der Waals surface area contributed by atoms with Gasteiger partial charge in [0, 0.05) is 12.1 Å². The average Bonchev–Trinajstić information content (AvgIpc) is 1.81. The molecule has 0 heterocycles. The van der Waals surface area contributed by atoms with Gasteiger partial charge in [-0.25, -0.2) is 0 Å². The van der Waals surface area contributed by atoms with E-state index in [9.17, 15) is 4.79 Å². The summed E-state index contributed by atoms with van der Waals surface area (Å²) >= 11 is 0. The van der Waals surface area contributed by atoms with Crippen molar-refractivity contribution >= 4 is 11.7 Å². The number of carboxylic acid groups (broad SMARTS) is 1. The zero-order valence-electron chi connectivity index (χ0n) is 6.14. The number of aliphatic carboxylic acids is 1. The Kier molecular flexibility index (Phi) is 3.64. The summed E-state index contributed by atoms with van der Waals surface area (Å²) in [6, 6.07) is -0.613. The molecule has 1 unspecified atom stereocenters. The van der Waals surface area contributed by atoms with Crippen LogP contribution in [0.2, 0.25) is 0 Å². The summed E-state index contributed by atoms with van der Waals surface area (Å²) in [5.74, 6) is -0.908. The Hall–Kier alpha value is -0.900. The molecule has 0 aromatic carbocycles. The van der Waals surface area contributed by atoms with Crippen molar-refractivity contribution < 1.29 is 9.90 Å². The van der Waals surface area contributed by atoms with E-state index in [1.807, 2.05) is 0 Å². The summed E-state index contributed by atoms with van der Waals surface area (Å²) in [5.41, 5.74) is 0.377. The molecule has 0 spiro atoms. The SMILES string of the molecule is CNC(CC(C)=N)C(=O)O. The van der Waals surface area contributed by atoms with Gasteiger partial charge in [-0.05, 0) is 14.0 Å². The van der Waals surface area contributed by atoms with Crippen LogP contribution in [-0.4, -0.2) is 29.9 Å². The minimum Gasteiger partial charge on any atom is -0.480 e. The zero-order chi connectivity index (χ0) is 8.15. The van der Waals surface area contributed by atoms with Crippen molar-refractivity contribution in [3.8, 4) is 0 Å². The first-order valence-corrected chi connectivity index (χ1v) is 3.02. The number of carbonyl (C=O) groups is 1. The minimum absolute atomic E-state index is 0.270. The van der Waals surface area contributed by atoms with E-state index in [2.05, 4.69) is 5.32 Å². The molecule has 0 saturated carbocycles. The van der Waals surface area contributed by atoms with Gasteiger partial charge in [0.05, 0.1) is 0 Å². The van der Waals surface area contributed by atoms with Crippen LogP contribution in [-0.2, 0) is 4.79 Å². The molecule has 0 radical (unpaired) electrons. The van der Waals surface area contributed by atoms with Crippen LogP contribution in [0.3, 0.4) is 0 Å². The maximum Gasteiger partial charge on any atom is 0.321 e. The summed E-state index contributed by atoms with van der Waals surface area (Å²) < 4.78 is 0. The fourth-order valence-electron chi connectivity index (χ4n) is 0.619. The van der Waals surface area contributed by atoms with Crippen LogP contribution in [0.1, 0.15) is 13.3 Å². The maximum atomic E-state index is 10.3. The Morgan fingerprint density at radius 1 is 1.80 bits per heavy atom. The van der Waals surface area contributed by atoms with Crippen molar-refractivity contribution in [3.05, 3.63) is 0 Å². The molecule has 4 nitrogen and oxygen atoms in total. The van der Waals surface area contributed by atoms with E-state index in [0.29, 0.717) is 5.71 Å². The summed E-state index contributed by atoms with van der Waals surface area (Å²) in [6.07, 6.45) is 0.270. The molecular weight excluding hydrogens is 132 g/mol. The molecule has 0 aliphatic heterocycles. The highest BCUT2D eigenvalue weighted by Crippen LogP contribution is 1.91. The molecule has 0 fully saturated rings. The first kappa shape index (κ1) is 9.10. The molecule has 1 atom stereocenters. The third kappa shape index (κ3) is 3.19. The summed E-state index contributed by atoms with van der Waals surface area (Å²) in [7, 11) is 1.57. The second kappa shape index (κ2) is 4.00. The van der Waals surface area contributed by atoms with E-state index in [1.165, 1.54) is 0 Å². The highest BCUT2D eigenvalue weighted by Gasteiger charge is 2.14. The fraction of sp³-hybridized carbons (Fsp3) is 0.667. The first-order valence-electron chi connectivity index (χ1n) is 3.02. The Balaban J connectivity index is 3.83. The van der Waals surface area contributed by atoms with E-state index in [1.54, 1.807) is 14.0 Å². The topological polar surface area (TPSA) is 73.2 Å². The third-order valence-electron chi connectivity index (χ3n) is 1.16. The van der Waals surface area contributed by atoms with Gasteiger partial charge in [-0.2, -0.15) is 0 Å². The van der Waals surface area contributed by atoms with E-state index >= 15 is 0 Å². The van der Waals surface area contributed by atoms with Crippen molar-refractivity contribution in [1.82, 2.24) is 5.32 Å². The Labute approximate surface area is 59.8 Å². The van der Waals surface area contributed by atoms with Crippen molar-refractivity contribution in [1.29, 1.82) is 5.41 Å². The fourth-order valence-corrected chi connectivity index (χ4v) is 0.619. The maximum absolute atomic E-state index is 10.3. The van der Waals surface area contributed by atoms with Crippen LogP contribution < -0.4 is 5.32 Å². The molecule has 0 aliphatic carbocycles. The van der Waals surface area contributed by atoms with Gasteiger partial charge in [-0.1, -0.05) is 0 Å². The van der Waals surface area contributed by atoms with Crippen molar-refractivity contribution in [3.63, 3.8) is 0 Å². The van der Waals surface area contributed by atoms with Gasteiger partial charge >= 0.3 is 5.97 Å². The van der Waals surface area contributed by atoms with Crippen LogP contribution in [0.5, 0.6) is 0 Å². The van der Waals surface area contributed by atoms with Gasteiger partial charge in [0.25, 0.3) is 0 Å². The predicted molar refractivity (Wildman–Crippen MR) is 38.5 cm³/mol. The molecule has 0 amide bonds. The van der Waals surface area contributed by atoms with Crippen LogP contribution in [0.4, 0.5) is 0 Å². The lowest BCUT2D eigenvalue weighted by Crippen LogP contribution is -2.35. The summed E-state index contributed by atoms with van der Waals surface area (Å²) in [5, 5.41) is 18.1. The van der Waals surface area contributed by atoms with Crippen LogP contribution in [0.15, 0.2) is 0 Å². The van der Waals surface area contributed by atoms with Gasteiger partial charge in [-0.15, -0.1) is 0 Å². The predicted octanol–water partition coefficient (Wildman–Crippen LogP) is 0.0888. The number of carboxylic acids is 1. The number of hydrogen-bond acceptors (Lipinski definition) is 3. The lowest BCUT2D eigenvalue weighted by Gasteiger charge is -2.08. The smallest absolute Gasteiger partial charge is 0.321 e. The number of hydrogen-bond donors (Lipinski definition) is 3. The number of likely N-dealkylation sites (N-methyl/N-ethyl adjacent to an activating group) is 1. The first-order chi connectivity index (χ1) is 4.57. The largest absolute Gasteiger partial charge is 0.480 e. The highest BCUT2D eigenvalue weighted by atomic mass is 16.4. The van der Waals surface area contributed by atoms with Crippen LogP contribution >= 0.6 is 0 Å². The monoisotopic (exact) mass is 144 g/mol.